The van der Waals surface area contributed by atoms with E-state index in [1.807, 2.05) is 24.5 Å². The monoisotopic (exact) mass is 300 g/mol. The van der Waals surface area contributed by atoms with Gasteiger partial charge < -0.3 is 0 Å². The zero-order valence-corrected chi connectivity index (χ0v) is 13.5. The Morgan fingerprint density at radius 1 is 0.957 bits per heavy atom. The van der Waals surface area contributed by atoms with Gasteiger partial charge in [-0.3, -0.25) is 4.98 Å². The van der Waals surface area contributed by atoms with Gasteiger partial charge in [-0.15, -0.1) is 0 Å². The lowest BCUT2D eigenvalue weighted by atomic mass is 10.0. The number of pyridine rings is 1. The molecule has 0 amide bonds. The molecule has 0 bridgehead atoms. The molecule has 114 valence electrons. The van der Waals surface area contributed by atoms with Gasteiger partial charge in [0.2, 0.25) is 0 Å². The number of aliphatic imine (C=N–C) groups is 1. The molecule has 2 atom stereocenters. The average molecular weight is 300 g/mol. The van der Waals surface area contributed by atoms with Crippen LogP contribution in [-0.2, 0) is 0 Å². The van der Waals surface area contributed by atoms with Crippen LogP contribution >= 0.6 is 0 Å². The van der Waals surface area contributed by atoms with Gasteiger partial charge >= 0.3 is 0 Å². The third-order valence-electron chi connectivity index (χ3n) is 4.84. The Labute approximate surface area is 137 Å². The highest BCUT2D eigenvalue weighted by molar-refractivity contribution is 6.11. The summed E-state index contributed by atoms with van der Waals surface area (Å²) in [5, 5.41) is 0. The molecule has 2 nitrogen and oxygen atoms in total. The van der Waals surface area contributed by atoms with Crippen molar-refractivity contribution in [3.8, 4) is 0 Å². The summed E-state index contributed by atoms with van der Waals surface area (Å²) in [4.78, 5) is 9.22. The predicted molar refractivity (Wildman–Crippen MR) is 95.2 cm³/mol. The number of rotatable bonds is 2. The second-order valence-corrected chi connectivity index (χ2v) is 6.49. The molecule has 0 spiro atoms. The minimum absolute atomic E-state index is 0.633. The number of fused-ring (bicyclic) bond motifs is 1. The van der Waals surface area contributed by atoms with Crippen molar-refractivity contribution in [2.45, 2.75) is 20.3 Å². The smallest absolute Gasteiger partial charge is 0.0710 e. The Morgan fingerprint density at radius 2 is 1.70 bits per heavy atom. The largest absolute Gasteiger partial charge is 0.265 e. The van der Waals surface area contributed by atoms with E-state index in [1.165, 1.54) is 22.4 Å². The Balaban J connectivity index is 1.90. The molecule has 23 heavy (non-hydrogen) atoms. The van der Waals surface area contributed by atoms with Crippen LogP contribution in [0.25, 0.3) is 5.70 Å². The number of hydrogen-bond donors (Lipinski definition) is 0. The van der Waals surface area contributed by atoms with Gasteiger partial charge in [-0.25, -0.2) is 4.99 Å². The van der Waals surface area contributed by atoms with Gasteiger partial charge in [0.05, 0.1) is 11.4 Å². The van der Waals surface area contributed by atoms with Crippen LogP contribution in [-0.4, -0.2) is 10.7 Å². The van der Waals surface area contributed by atoms with E-state index in [9.17, 15) is 0 Å². The van der Waals surface area contributed by atoms with E-state index in [4.69, 9.17) is 4.99 Å². The molecule has 0 N–H and O–H groups in total. The van der Waals surface area contributed by atoms with Gasteiger partial charge in [-0.2, -0.15) is 0 Å². The first-order valence-corrected chi connectivity index (χ1v) is 8.20. The minimum atomic E-state index is 0.633. The molecule has 1 unspecified atom stereocenters. The first-order chi connectivity index (χ1) is 11.2. The molecule has 2 heterocycles. The summed E-state index contributed by atoms with van der Waals surface area (Å²) in [5.74, 6) is 1.29. The fourth-order valence-electron chi connectivity index (χ4n) is 3.50. The molecular weight excluding hydrogens is 280 g/mol. The van der Waals surface area contributed by atoms with E-state index < -0.39 is 0 Å². The van der Waals surface area contributed by atoms with Crippen molar-refractivity contribution in [3.05, 3.63) is 83.2 Å². The van der Waals surface area contributed by atoms with Crippen molar-refractivity contribution in [2.24, 2.45) is 16.8 Å². The summed E-state index contributed by atoms with van der Waals surface area (Å²) in [6.45, 7) is 4.54. The quantitative estimate of drug-likeness (QED) is 0.774. The molecular formula is C21H20N2. The Bertz CT molecular complexity index is 813. The van der Waals surface area contributed by atoms with E-state index in [-0.39, 0.29) is 0 Å². The molecule has 2 aliphatic rings. The van der Waals surface area contributed by atoms with E-state index in [2.05, 4.69) is 55.2 Å². The number of hydrogen-bond acceptors (Lipinski definition) is 2. The van der Waals surface area contributed by atoms with Crippen molar-refractivity contribution in [3.63, 3.8) is 0 Å². The molecule has 1 aliphatic carbocycles. The molecule has 0 radical (unpaired) electrons. The molecule has 4 rings (SSSR count). The fraction of sp³-hybridized carbons (Fsp3) is 0.238. The average Bonchev–Trinajstić information content (AvgIpc) is 3.19. The van der Waals surface area contributed by atoms with E-state index in [0.717, 1.165) is 17.7 Å². The second-order valence-electron chi connectivity index (χ2n) is 6.49. The van der Waals surface area contributed by atoms with Crippen molar-refractivity contribution in [1.82, 2.24) is 4.98 Å². The number of benzene rings is 1. The maximum absolute atomic E-state index is 5.09. The van der Waals surface area contributed by atoms with E-state index in [0.29, 0.717) is 11.8 Å². The number of nitrogens with zero attached hydrogens (tertiary/aromatic N) is 2. The van der Waals surface area contributed by atoms with Crippen molar-refractivity contribution < 1.29 is 0 Å². The summed E-state index contributed by atoms with van der Waals surface area (Å²) in [6, 6.07) is 14.6. The van der Waals surface area contributed by atoms with Crippen LogP contribution in [0.15, 0.2) is 77.1 Å². The molecule has 2 heteroatoms. The fourth-order valence-corrected chi connectivity index (χ4v) is 3.50. The molecule has 1 aromatic carbocycles. The van der Waals surface area contributed by atoms with Crippen molar-refractivity contribution in [2.75, 3.05) is 0 Å². The third-order valence-corrected chi connectivity index (χ3v) is 4.84. The lowest BCUT2D eigenvalue weighted by molar-refractivity contribution is 0.743. The Morgan fingerprint density at radius 3 is 2.43 bits per heavy atom. The standard InChI is InChI=1S/C21H20N2/c1-14-12-18-15(2)20(18)21(17-6-4-3-5-7-17)23-19(13-14)16-8-10-22-11-9-16/h3-11,13,15,18H,12H2,1-2H3/b14-13-,21-20+,23-19-/t15-,18?/m1/s1. The van der Waals surface area contributed by atoms with Crippen LogP contribution in [0.1, 0.15) is 31.4 Å². The Kier molecular flexibility index (Phi) is 3.45. The third kappa shape index (κ3) is 2.65. The van der Waals surface area contributed by atoms with Crippen LogP contribution in [0.2, 0.25) is 0 Å². The highest BCUT2D eigenvalue weighted by Gasteiger charge is 2.43. The molecule has 1 saturated carbocycles. The highest BCUT2D eigenvalue weighted by Crippen LogP contribution is 2.53. The highest BCUT2D eigenvalue weighted by atomic mass is 14.8. The van der Waals surface area contributed by atoms with Crippen LogP contribution in [0.5, 0.6) is 0 Å². The number of allylic oxidation sites excluding steroid dienone is 3. The maximum Gasteiger partial charge on any atom is 0.0710 e. The first-order valence-electron chi connectivity index (χ1n) is 8.20. The maximum atomic E-state index is 5.09. The van der Waals surface area contributed by atoms with Gasteiger partial charge in [0.15, 0.2) is 0 Å². The van der Waals surface area contributed by atoms with Crippen molar-refractivity contribution in [1.29, 1.82) is 0 Å². The topological polar surface area (TPSA) is 25.2 Å². The van der Waals surface area contributed by atoms with Gasteiger partial charge in [-0.1, -0.05) is 42.8 Å². The SMILES string of the molecule is C/C1=C/C(c2ccncc2)=N/C(c2ccccc2)=C2/C(C1)[C@H]2C. The molecule has 2 aromatic rings. The van der Waals surface area contributed by atoms with Gasteiger partial charge in [0, 0.05) is 23.5 Å². The van der Waals surface area contributed by atoms with Gasteiger partial charge in [0.1, 0.15) is 0 Å². The minimum Gasteiger partial charge on any atom is -0.265 e. The molecule has 1 aliphatic heterocycles. The van der Waals surface area contributed by atoms with Crippen LogP contribution in [0.3, 0.4) is 0 Å². The summed E-state index contributed by atoms with van der Waals surface area (Å²) >= 11 is 0. The van der Waals surface area contributed by atoms with Crippen molar-refractivity contribution >= 4 is 11.4 Å². The first kappa shape index (κ1) is 14.1. The van der Waals surface area contributed by atoms with E-state index in [1.54, 1.807) is 0 Å². The van der Waals surface area contributed by atoms with Crippen LogP contribution < -0.4 is 0 Å². The zero-order valence-electron chi connectivity index (χ0n) is 13.5. The zero-order chi connectivity index (χ0) is 15.8. The molecule has 1 aromatic heterocycles. The number of aromatic nitrogens is 1. The lowest BCUT2D eigenvalue weighted by Crippen LogP contribution is -2.02. The van der Waals surface area contributed by atoms with Gasteiger partial charge in [0.25, 0.3) is 0 Å². The summed E-state index contributed by atoms with van der Waals surface area (Å²) in [6.07, 6.45) is 7.03. The predicted octanol–water partition coefficient (Wildman–Crippen LogP) is 4.90. The van der Waals surface area contributed by atoms with E-state index >= 15 is 0 Å². The molecule has 0 saturated heterocycles. The van der Waals surface area contributed by atoms with Crippen LogP contribution in [0, 0.1) is 11.8 Å². The summed E-state index contributed by atoms with van der Waals surface area (Å²) in [7, 11) is 0. The lowest BCUT2D eigenvalue weighted by Gasteiger charge is -2.10. The Hall–Kier alpha value is -2.48. The second kappa shape index (κ2) is 5.62. The molecule has 1 fully saturated rings. The van der Waals surface area contributed by atoms with Crippen LogP contribution in [0.4, 0.5) is 0 Å². The summed E-state index contributed by atoms with van der Waals surface area (Å²) in [5.41, 5.74) is 7.46. The summed E-state index contributed by atoms with van der Waals surface area (Å²) < 4.78 is 0. The normalized spacial score (nSPS) is 31.0. The van der Waals surface area contributed by atoms with Gasteiger partial charge in [-0.05, 0) is 49.0 Å².